The second-order valence-corrected chi connectivity index (χ2v) is 7.50. The van der Waals surface area contributed by atoms with Crippen molar-refractivity contribution >= 4 is 11.4 Å². The molecule has 2 fully saturated rings. The zero-order valence-electron chi connectivity index (χ0n) is 16.2. The molecule has 2 aromatic carbocycles. The number of ether oxygens (including phenoxy) is 1. The molecule has 0 radical (unpaired) electrons. The third-order valence-corrected chi connectivity index (χ3v) is 5.66. The maximum atomic E-state index is 14.2. The van der Waals surface area contributed by atoms with Gasteiger partial charge in [-0.25, -0.2) is 4.39 Å². The van der Waals surface area contributed by atoms with Crippen LogP contribution in [0.5, 0.6) is 11.5 Å². The molecule has 7 nitrogen and oxygen atoms in total. The highest BCUT2D eigenvalue weighted by Crippen LogP contribution is 2.49. The van der Waals surface area contributed by atoms with Gasteiger partial charge in [0.15, 0.2) is 11.6 Å². The second-order valence-electron chi connectivity index (χ2n) is 7.50. The van der Waals surface area contributed by atoms with Crippen molar-refractivity contribution in [2.45, 2.75) is 24.7 Å². The van der Waals surface area contributed by atoms with Crippen LogP contribution in [-0.2, 0) is 6.18 Å². The molecule has 166 valence electrons. The number of nitro groups is 1. The van der Waals surface area contributed by atoms with E-state index in [-0.39, 0.29) is 13.1 Å². The number of nitrogens with zero attached hydrogens (tertiary/aromatic N) is 3. The molecule has 31 heavy (non-hydrogen) atoms. The standard InChI is InChI=1S/C20H19F4N3O4/c21-12-3-1-2-4-16(12)31-17-6-5-13(27(29)30)19(18(17)20(22,23)24)26-10-9-25-8-7-15(28)14(25)11-26/h1-6,14-15,28H,7-11H2/t14-,15+/m1/s1. The first-order valence-corrected chi connectivity index (χ1v) is 9.65. The van der Waals surface area contributed by atoms with Crippen LogP contribution in [0.3, 0.4) is 0 Å². The minimum atomic E-state index is -5.01. The lowest BCUT2D eigenvalue weighted by Crippen LogP contribution is -2.53. The average molecular weight is 441 g/mol. The van der Waals surface area contributed by atoms with Gasteiger partial charge in [0.2, 0.25) is 0 Å². The molecule has 2 saturated heterocycles. The fraction of sp³-hybridized carbons (Fsp3) is 0.400. The summed E-state index contributed by atoms with van der Waals surface area (Å²) in [5.74, 6) is -2.02. The van der Waals surface area contributed by atoms with E-state index in [1.165, 1.54) is 23.1 Å². The Kier molecular flexibility index (Phi) is 5.48. The van der Waals surface area contributed by atoms with Gasteiger partial charge in [-0.05, 0) is 24.6 Å². The number of fused-ring (bicyclic) bond motifs is 1. The Morgan fingerprint density at radius 3 is 2.52 bits per heavy atom. The number of hydrogen-bond donors (Lipinski definition) is 1. The molecule has 0 amide bonds. The molecular formula is C20H19F4N3O4. The molecule has 4 rings (SSSR count). The predicted molar refractivity (Wildman–Crippen MR) is 103 cm³/mol. The quantitative estimate of drug-likeness (QED) is 0.442. The Morgan fingerprint density at radius 1 is 1.10 bits per heavy atom. The molecule has 11 heteroatoms. The summed E-state index contributed by atoms with van der Waals surface area (Å²) >= 11 is 0. The molecule has 0 aliphatic carbocycles. The van der Waals surface area contributed by atoms with Gasteiger partial charge < -0.3 is 14.7 Å². The highest BCUT2D eigenvalue weighted by molar-refractivity contribution is 5.73. The molecule has 0 unspecified atom stereocenters. The van der Waals surface area contributed by atoms with E-state index in [0.29, 0.717) is 19.5 Å². The first-order valence-electron chi connectivity index (χ1n) is 9.65. The Hall–Kier alpha value is -2.92. The smallest absolute Gasteiger partial charge is 0.422 e. The number of hydrogen-bond acceptors (Lipinski definition) is 6. The Balaban J connectivity index is 1.83. The van der Waals surface area contributed by atoms with E-state index in [1.54, 1.807) is 0 Å². The SMILES string of the molecule is O=[N+]([O-])c1ccc(Oc2ccccc2F)c(C(F)(F)F)c1N1CCN2CC[C@H](O)[C@H]2C1. The lowest BCUT2D eigenvalue weighted by Gasteiger charge is -2.40. The third-order valence-electron chi connectivity index (χ3n) is 5.66. The van der Waals surface area contributed by atoms with Crippen molar-refractivity contribution in [2.24, 2.45) is 0 Å². The van der Waals surface area contributed by atoms with Crippen molar-refractivity contribution < 1.29 is 32.3 Å². The summed E-state index contributed by atoms with van der Waals surface area (Å²) in [5, 5.41) is 21.8. The van der Waals surface area contributed by atoms with Gasteiger partial charge in [-0.15, -0.1) is 0 Å². The lowest BCUT2D eigenvalue weighted by molar-refractivity contribution is -0.384. The molecule has 0 spiro atoms. The topological polar surface area (TPSA) is 79.1 Å². The summed E-state index contributed by atoms with van der Waals surface area (Å²) in [6.45, 7) is 1.07. The molecule has 2 heterocycles. The fourth-order valence-corrected chi connectivity index (χ4v) is 4.22. The first kappa shape index (κ1) is 21.3. The molecule has 2 aliphatic rings. The van der Waals surface area contributed by atoms with Crippen molar-refractivity contribution in [3.63, 3.8) is 0 Å². The summed E-state index contributed by atoms with van der Waals surface area (Å²) in [6, 6.07) is 6.31. The molecule has 2 atom stereocenters. The van der Waals surface area contributed by atoms with Gasteiger partial charge in [0.05, 0.1) is 17.1 Å². The van der Waals surface area contributed by atoms with Gasteiger partial charge >= 0.3 is 6.18 Å². The molecule has 2 aliphatic heterocycles. The normalized spacial score (nSPS) is 21.8. The minimum absolute atomic E-state index is 0.00572. The van der Waals surface area contributed by atoms with E-state index >= 15 is 0 Å². The fourth-order valence-electron chi connectivity index (χ4n) is 4.22. The van der Waals surface area contributed by atoms with Gasteiger partial charge in [-0.1, -0.05) is 12.1 Å². The van der Waals surface area contributed by atoms with Crippen LogP contribution in [0.1, 0.15) is 12.0 Å². The summed E-state index contributed by atoms with van der Waals surface area (Å²) in [6.07, 6.45) is -5.25. The van der Waals surface area contributed by atoms with Crippen molar-refractivity contribution in [3.8, 4) is 11.5 Å². The number of piperazine rings is 1. The maximum Gasteiger partial charge on any atom is 0.422 e. The van der Waals surface area contributed by atoms with Crippen LogP contribution >= 0.6 is 0 Å². The van der Waals surface area contributed by atoms with Gasteiger partial charge in [-0.3, -0.25) is 15.0 Å². The third kappa shape index (κ3) is 4.02. The van der Waals surface area contributed by atoms with E-state index in [9.17, 15) is 32.8 Å². The number of rotatable bonds is 4. The summed E-state index contributed by atoms with van der Waals surface area (Å²) in [5.41, 5.74) is -2.70. The zero-order chi connectivity index (χ0) is 22.3. The van der Waals surface area contributed by atoms with Crippen molar-refractivity contribution in [2.75, 3.05) is 31.1 Å². The number of anilines is 1. The van der Waals surface area contributed by atoms with Crippen LogP contribution in [-0.4, -0.2) is 53.3 Å². The zero-order valence-corrected chi connectivity index (χ0v) is 16.2. The number of benzene rings is 2. The first-order chi connectivity index (χ1) is 14.7. The molecule has 0 bridgehead atoms. The Labute approximate surface area is 174 Å². The second kappa shape index (κ2) is 7.97. The molecule has 1 N–H and O–H groups in total. The van der Waals surface area contributed by atoms with Crippen molar-refractivity contribution in [1.82, 2.24) is 4.90 Å². The summed E-state index contributed by atoms with van der Waals surface area (Å²) in [4.78, 5) is 14.0. The Bertz CT molecular complexity index is 1000. The van der Waals surface area contributed by atoms with E-state index in [4.69, 9.17) is 4.74 Å². The van der Waals surface area contributed by atoms with Crippen molar-refractivity contribution in [1.29, 1.82) is 0 Å². The number of aliphatic hydroxyl groups excluding tert-OH is 1. The van der Waals surface area contributed by atoms with Crippen LogP contribution in [0.4, 0.5) is 28.9 Å². The molecule has 2 aromatic rings. The lowest BCUT2D eigenvalue weighted by atomic mass is 10.0. The minimum Gasteiger partial charge on any atom is -0.454 e. The highest BCUT2D eigenvalue weighted by Gasteiger charge is 2.45. The largest absolute Gasteiger partial charge is 0.454 e. The number of nitro benzene ring substituents is 1. The number of aliphatic hydroxyl groups is 1. The number of para-hydroxylation sites is 1. The van der Waals surface area contributed by atoms with Crippen LogP contribution in [0.15, 0.2) is 36.4 Å². The van der Waals surface area contributed by atoms with Gasteiger partial charge in [-0.2, -0.15) is 13.2 Å². The van der Waals surface area contributed by atoms with Crippen LogP contribution in [0.2, 0.25) is 0 Å². The van der Waals surface area contributed by atoms with Gasteiger partial charge in [0, 0.05) is 32.2 Å². The predicted octanol–water partition coefficient (Wildman–Crippen LogP) is 3.80. The molecule has 0 aromatic heterocycles. The van der Waals surface area contributed by atoms with E-state index in [1.807, 2.05) is 4.90 Å². The summed E-state index contributed by atoms with van der Waals surface area (Å²) < 4.78 is 61.8. The Morgan fingerprint density at radius 2 is 1.84 bits per heavy atom. The van der Waals surface area contributed by atoms with E-state index < -0.39 is 57.5 Å². The van der Waals surface area contributed by atoms with Gasteiger partial charge in [0.25, 0.3) is 5.69 Å². The highest BCUT2D eigenvalue weighted by atomic mass is 19.4. The van der Waals surface area contributed by atoms with Crippen LogP contribution in [0, 0.1) is 15.9 Å². The van der Waals surface area contributed by atoms with E-state index in [2.05, 4.69) is 0 Å². The number of halogens is 4. The molecular weight excluding hydrogens is 422 g/mol. The molecule has 0 saturated carbocycles. The van der Waals surface area contributed by atoms with Crippen molar-refractivity contribution in [3.05, 3.63) is 57.9 Å². The monoisotopic (exact) mass is 441 g/mol. The average Bonchev–Trinajstić information content (AvgIpc) is 3.08. The van der Waals surface area contributed by atoms with Gasteiger partial charge in [0.1, 0.15) is 17.0 Å². The van der Waals surface area contributed by atoms with E-state index in [0.717, 1.165) is 18.2 Å². The summed E-state index contributed by atoms with van der Waals surface area (Å²) in [7, 11) is 0. The van der Waals surface area contributed by atoms with Crippen LogP contribution in [0.25, 0.3) is 0 Å². The van der Waals surface area contributed by atoms with Crippen LogP contribution < -0.4 is 9.64 Å². The maximum absolute atomic E-state index is 14.2. The number of alkyl halides is 3.